The number of hydrogen-bond acceptors (Lipinski definition) is 4. The molecule has 0 aliphatic carbocycles. The summed E-state index contributed by atoms with van der Waals surface area (Å²) in [5, 5.41) is 4.69. The quantitative estimate of drug-likeness (QED) is 0.242. The van der Waals surface area contributed by atoms with Crippen LogP contribution in [-0.2, 0) is 22.6 Å². The average Bonchev–Trinajstić information content (AvgIpc) is 3.13. The van der Waals surface area contributed by atoms with Gasteiger partial charge in [-0.15, -0.1) is 0 Å². The highest BCUT2D eigenvalue weighted by Gasteiger charge is 2.57. The van der Waals surface area contributed by atoms with Crippen molar-refractivity contribution in [3.63, 3.8) is 0 Å². The summed E-state index contributed by atoms with van der Waals surface area (Å²) in [4.78, 5) is 32.9. The van der Waals surface area contributed by atoms with Crippen LogP contribution < -0.4 is 0 Å². The molecule has 6 rings (SSSR count). The van der Waals surface area contributed by atoms with Gasteiger partial charge in [0.1, 0.15) is 5.54 Å². The fraction of sp³-hybridized carbons (Fsp3) is 0.250. The smallest absolute Gasteiger partial charge is 0.332 e. The third-order valence-corrected chi connectivity index (χ3v) is 7.95. The number of hydrogen-bond donors (Lipinski definition) is 0. The maximum absolute atomic E-state index is 13.9. The van der Waals surface area contributed by atoms with E-state index < -0.39 is 5.54 Å². The van der Waals surface area contributed by atoms with Crippen LogP contribution in [0.3, 0.4) is 0 Å². The minimum atomic E-state index is -0.886. The van der Waals surface area contributed by atoms with Crippen molar-refractivity contribution in [2.45, 2.75) is 31.5 Å². The van der Waals surface area contributed by atoms with Crippen LogP contribution in [0.15, 0.2) is 97.4 Å². The first-order chi connectivity index (χ1) is 18.6. The van der Waals surface area contributed by atoms with E-state index in [0.717, 1.165) is 36.0 Å². The Labute approximate surface area is 222 Å². The van der Waals surface area contributed by atoms with E-state index in [1.54, 1.807) is 18.2 Å². The van der Waals surface area contributed by atoms with E-state index in [0.29, 0.717) is 12.8 Å². The molecule has 2 heterocycles. The van der Waals surface area contributed by atoms with Crippen LogP contribution in [0, 0.1) is 0 Å². The van der Waals surface area contributed by atoms with Gasteiger partial charge in [-0.05, 0) is 57.6 Å². The molecule has 4 aromatic rings. The fourth-order valence-corrected chi connectivity index (χ4v) is 5.87. The van der Waals surface area contributed by atoms with Gasteiger partial charge in [-0.2, -0.15) is 0 Å². The van der Waals surface area contributed by atoms with Crippen LogP contribution in [0.2, 0.25) is 0 Å². The molecule has 6 nitrogen and oxygen atoms in total. The van der Waals surface area contributed by atoms with Crippen LogP contribution in [0.25, 0.3) is 21.5 Å². The highest BCUT2D eigenvalue weighted by atomic mass is 16.5. The monoisotopic (exact) mass is 505 g/mol. The molecule has 4 aromatic carbocycles. The van der Waals surface area contributed by atoms with Crippen LogP contribution in [0.5, 0.6) is 0 Å². The molecule has 1 spiro atoms. The number of piperidine rings is 1. The van der Waals surface area contributed by atoms with Crippen molar-refractivity contribution in [2.75, 3.05) is 20.2 Å². The number of nitrogens with zero attached hydrogens (tertiary/aromatic N) is 3. The lowest BCUT2D eigenvalue weighted by Crippen LogP contribution is -2.54. The van der Waals surface area contributed by atoms with Crippen molar-refractivity contribution >= 4 is 33.5 Å². The van der Waals surface area contributed by atoms with Gasteiger partial charge in [-0.1, -0.05) is 72.8 Å². The van der Waals surface area contributed by atoms with E-state index in [1.165, 1.54) is 27.5 Å². The Kier molecular flexibility index (Phi) is 6.34. The normalized spacial score (nSPS) is 17.9. The van der Waals surface area contributed by atoms with Crippen molar-refractivity contribution in [3.05, 3.63) is 109 Å². The molecule has 0 N–H and O–H groups in total. The van der Waals surface area contributed by atoms with Crippen molar-refractivity contribution in [1.29, 1.82) is 0 Å². The van der Waals surface area contributed by atoms with Gasteiger partial charge >= 0.3 is 6.03 Å². The maximum Gasteiger partial charge on any atom is 0.332 e. The Morgan fingerprint density at radius 3 is 1.89 bits per heavy atom. The molecule has 2 aliphatic rings. The predicted molar refractivity (Wildman–Crippen MR) is 149 cm³/mol. The number of fused-ring (bicyclic) bond motifs is 2. The Morgan fingerprint density at radius 2 is 1.32 bits per heavy atom. The van der Waals surface area contributed by atoms with E-state index in [4.69, 9.17) is 4.74 Å². The molecule has 0 saturated carbocycles. The van der Waals surface area contributed by atoms with Gasteiger partial charge < -0.3 is 4.74 Å². The molecule has 3 amide bonds. The molecule has 0 aromatic heterocycles. The second-order valence-corrected chi connectivity index (χ2v) is 10.2. The Morgan fingerprint density at radius 1 is 0.763 bits per heavy atom. The lowest BCUT2D eigenvalue weighted by atomic mass is 9.85. The van der Waals surface area contributed by atoms with Gasteiger partial charge in [-0.3, -0.25) is 19.5 Å². The number of rotatable bonds is 6. The first-order valence-electron chi connectivity index (χ1n) is 13.1. The maximum atomic E-state index is 13.9. The van der Waals surface area contributed by atoms with E-state index in [2.05, 4.69) is 59.5 Å². The standard InChI is InChI=1S/C32H31N3O3/c1-38-19-18-35-31(37)34(23-25-11-13-27-7-3-5-9-29(27)21-25)30(36)32(35)14-16-33(17-15-32)22-24-10-12-26-6-2-4-8-28(26)20-24/h2-13,18-21H,14-17,22-23H2,1H3/b19-18+. The summed E-state index contributed by atoms with van der Waals surface area (Å²) < 4.78 is 5.14. The molecular weight excluding hydrogens is 474 g/mol. The Hall–Kier alpha value is -4.16. The predicted octanol–water partition coefficient (Wildman–Crippen LogP) is 5.91. The van der Waals surface area contributed by atoms with E-state index in [1.807, 2.05) is 30.3 Å². The Balaban J connectivity index is 1.21. The number of urea groups is 1. The van der Waals surface area contributed by atoms with Crippen molar-refractivity contribution in [3.8, 4) is 0 Å². The average molecular weight is 506 g/mol. The highest BCUT2D eigenvalue weighted by molar-refractivity contribution is 6.07. The molecule has 0 radical (unpaired) electrons. The molecule has 0 unspecified atom stereocenters. The minimum absolute atomic E-state index is 0.123. The first kappa shape index (κ1) is 24.2. The van der Waals surface area contributed by atoms with Gasteiger partial charge in [0.25, 0.3) is 5.91 Å². The minimum Gasteiger partial charge on any atom is -0.503 e. The summed E-state index contributed by atoms with van der Waals surface area (Å²) >= 11 is 0. The van der Waals surface area contributed by atoms with Gasteiger partial charge in [0, 0.05) is 25.8 Å². The number of carbonyl (C=O) groups excluding carboxylic acids is 2. The third kappa shape index (κ3) is 4.31. The van der Waals surface area contributed by atoms with Crippen LogP contribution in [0.4, 0.5) is 4.79 Å². The van der Waals surface area contributed by atoms with Crippen LogP contribution >= 0.6 is 0 Å². The van der Waals surface area contributed by atoms with Gasteiger partial charge in [-0.25, -0.2) is 4.79 Å². The van der Waals surface area contributed by atoms with Gasteiger partial charge in [0.05, 0.1) is 19.9 Å². The van der Waals surface area contributed by atoms with E-state index in [-0.39, 0.29) is 18.5 Å². The highest BCUT2D eigenvalue weighted by Crippen LogP contribution is 2.39. The zero-order valence-electron chi connectivity index (χ0n) is 21.5. The number of methoxy groups -OCH3 is 1. The summed E-state index contributed by atoms with van der Waals surface area (Å²) in [5.41, 5.74) is 1.30. The number of imide groups is 1. The zero-order chi connectivity index (χ0) is 26.1. The summed E-state index contributed by atoms with van der Waals surface area (Å²) in [6, 6.07) is 28.9. The number of likely N-dealkylation sites (tertiary alicyclic amines) is 1. The summed E-state index contributed by atoms with van der Waals surface area (Å²) in [5.74, 6) is -0.123. The van der Waals surface area contributed by atoms with E-state index in [9.17, 15) is 9.59 Å². The topological polar surface area (TPSA) is 53.1 Å². The molecule has 192 valence electrons. The number of amides is 3. The molecular formula is C32H31N3O3. The largest absolute Gasteiger partial charge is 0.503 e. The van der Waals surface area contributed by atoms with Gasteiger partial charge in [0.15, 0.2) is 0 Å². The summed E-state index contributed by atoms with van der Waals surface area (Å²) in [7, 11) is 1.55. The summed E-state index contributed by atoms with van der Waals surface area (Å²) in [6.07, 6.45) is 4.26. The molecule has 0 bridgehead atoms. The van der Waals surface area contributed by atoms with E-state index >= 15 is 0 Å². The number of carbonyl (C=O) groups is 2. The van der Waals surface area contributed by atoms with Gasteiger partial charge in [0.2, 0.25) is 0 Å². The Bertz CT molecular complexity index is 1540. The first-order valence-corrected chi connectivity index (χ1v) is 13.1. The van der Waals surface area contributed by atoms with Crippen LogP contribution in [-0.4, -0.2) is 52.4 Å². The SMILES string of the molecule is CO/C=C/N1C(=O)N(Cc2ccc3ccccc3c2)C(=O)C12CCN(Cc1ccc3ccccc3c1)CC2. The molecule has 0 atom stereocenters. The molecule has 38 heavy (non-hydrogen) atoms. The zero-order valence-corrected chi connectivity index (χ0v) is 21.5. The van der Waals surface area contributed by atoms with Crippen molar-refractivity contribution < 1.29 is 14.3 Å². The molecule has 2 aliphatic heterocycles. The third-order valence-electron chi connectivity index (χ3n) is 7.95. The number of ether oxygens (including phenoxy) is 1. The second-order valence-electron chi connectivity index (χ2n) is 10.2. The summed E-state index contributed by atoms with van der Waals surface area (Å²) in [6.45, 7) is 2.53. The second kappa shape index (κ2) is 9.95. The molecule has 2 saturated heterocycles. The lowest BCUT2D eigenvalue weighted by Gasteiger charge is -2.41. The van der Waals surface area contributed by atoms with Crippen LogP contribution in [0.1, 0.15) is 24.0 Å². The fourth-order valence-electron chi connectivity index (χ4n) is 5.87. The molecule has 2 fully saturated rings. The molecule has 6 heteroatoms. The van der Waals surface area contributed by atoms with Crippen molar-refractivity contribution in [1.82, 2.24) is 14.7 Å². The lowest BCUT2D eigenvalue weighted by molar-refractivity contribution is -0.135. The number of benzene rings is 4. The van der Waals surface area contributed by atoms with Crippen molar-refractivity contribution in [2.24, 2.45) is 0 Å².